The van der Waals surface area contributed by atoms with E-state index in [-0.39, 0.29) is 12.5 Å². The lowest BCUT2D eigenvalue weighted by molar-refractivity contribution is -0.139. The van der Waals surface area contributed by atoms with Crippen LogP contribution in [-0.4, -0.2) is 28.9 Å². The van der Waals surface area contributed by atoms with E-state index in [0.29, 0.717) is 11.1 Å². The zero-order chi connectivity index (χ0) is 18.3. The summed E-state index contributed by atoms with van der Waals surface area (Å²) < 4.78 is 42.2. The molecule has 2 rings (SSSR count). The Balaban J connectivity index is 1.82. The maximum atomic E-state index is 12.4. The zero-order valence-corrected chi connectivity index (χ0v) is 12.7. The van der Waals surface area contributed by atoms with Crippen molar-refractivity contribution in [2.75, 3.05) is 6.61 Å². The summed E-state index contributed by atoms with van der Waals surface area (Å²) in [7, 11) is 0. The molecule has 1 aromatic carbocycles. The second-order valence-corrected chi connectivity index (χ2v) is 4.81. The molecule has 0 aliphatic carbocycles. The largest absolute Gasteiger partial charge is 0.479 e. The number of benzene rings is 1. The van der Waals surface area contributed by atoms with Crippen molar-refractivity contribution in [3.63, 3.8) is 0 Å². The van der Waals surface area contributed by atoms with Gasteiger partial charge >= 0.3 is 12.1 Å². The van der Waals surface area contributed by atoms with Crippen LogP contribution < -0.4 is 4.74 Å². The monoisotopic (exact) mass is 354 g/mol. The molecule has 1 heterocycles. The smallest absolute Gasteiger partial charge is 0.416 e. The number of halogens is 3. The molecular weight excluding hydrogens is 341 g/mol. The second kappa shape index (κ2) is 8.13. The fourth-order valence-electron chi connectivity index (χ4n) is 1.69. The first kappa shape index (κ1) is 18.2. The standard InChI is InChI=1S/C16H13F3N2O4/c17-16(18,19)13-4-1-11(2-5-13)9-25-21-8-12-3-6-14(20-7-12)24-10-15(22)23/h1-8H,9-10H2,(H,22,23). The summed E-state index contributed by atoms with van der Waals surface area (Å²) in [4.78, 5) is 19.2. The van der Waals surface area contributed by atoms with Crippen molar-refractivity contribution in [2.24, 2.45) is 5.16 Å². The number of aliphatic carboxylic acids is 1. The van der Waals surface area contributed by atoms with Crippen molar-refractivity contribution in [3.05, 3.63) is 59.3 Å². The van der Waals surface area contributed by atoms with Gasteiger partial charge in [-0.2, -0.15) is 13.2 Å². The van der Waals surface area contributed by atoms with Crippen LogP contribution in [0.15, 0.2) is 47.8 Å². The Labute approximate surface area is 140 Å². The quantitative estimate of drug-likeness (QED) is 0.610. The van der Waals surface area contributed by atoms with E-state index in [1.807, 2.05) is 0 Å². The highest BCUT2D eigenvalue weighted by Gasteiger charge is 2.29. The number of carboxylic acids is 1. The van der Waals surface area contributed by atoms with Crippen LogP contribution in [0.4, 0.5) is 13.2 Å². The average molecular weight is 354 g/mol. The summed E-state index contributed by atoms with van der Waals surface area (Å²) in [5.74, 6) is -0.950. The van der Waals surface area contributed by atoms with E-state index in [9.17, 15) is 18.0 Å². The molecule has 0 radical (unpaired) electrons. The van der Waals surface area contributed by atoms with Gasteiger partial charge in [-0.15, -0.1) is 0 Å². The SMILES string of the molecule is O=C(O)COc1ccc(C=NOCc2ccc(C(F)(F)F)cc2)cn1. The molecule has 0 spiro atoms. The van der Waals surface area contributed by atoms with Gasteiger partial charge in [0.2, 0.25) is 5.88 Å². The van der Waals surface area contributed by atoms with Gasteiger partial charge in [-0.25, -0.2) is 9.78 Å². The number of carboxylic acid groups (broad SMARTS) is 1. The molecule has 0 fully saturated rings. The molecule has 6 nitrogen and oxygen atoms in total. The molecule has 0 saturated heterocycles. The predicted molar refractivity (Wildman–Crippen MR) is 81.2 cm³/mol. The summed E-state index contributed by atoms with van der Waals surface area (Å²) in [6.07, 6.45) is -1.61. The Morgan fingerprint density at radius 3 is 2.48 bits per heavy atom. The minimum absolute atomic E-state index is 0.0157. The van der Waals surface area contributed by atoms with Gasteiger partial charge in [0.05, 0.1) is 11.8 Å². The summed E-state index contributed by atoms with van der Waals surface area (Å²) in [6.45, 7) is -0.474. The number of oxime groups is 1. The third-order valence-electron chi connectivity index (χ3n) is 2.89. The first-order valence-electron chi connectivity index (χ1n) is 6.97. The van der Waals surface area contributed by atoms with Crippen LogP contribution in [0.2, 0.25) is 0 Å². The van der Waals surface area contributed by atoms with E-state index < -0.39 is 24.3 Å². The molecule has 2 aromatic rings. The number of carbonyl (C=O) groups is 1. The fraction of sp³-hybridized carbons (Fsp3) is 0.188. The van der Waals surface area contributed by atoms with Crippen LogP contribution in [0.3, 0.4) is 0 Å². The number of rotatable bonds is 7. The molecule has 1 aromatic heterocycles. The van der Waals surface area contributed by atoms with Crippen LogP contribution in [0.5, 0.6) is 5.88 Å². The lowest BCUT2D eigenvalue weighted by Gasteiger charge is -2.07. The summed E-state index contributed by atoms with van der Waals surface area (Å²) >= 11 is 0. The summed E-state index contributed by atoms with van der Waals surface area (Å²) in [5, 5.41) is 12.2. The Morgan fingerprint density at radius 2 is 1.92 bits per heavy atom. The first-order valence-corrected chi connectivity index (χ1v) is 6.97. The number of nitrogens with zero attached hydrogens (tertiary/aromatic N) is 2. The zero-order valence-electron chi connectivity index (χ0n) is 12.7. The van der Waals surface area contributed by atoms with Crippen LogP contribution in [0, 0.1) is 0 Å². The molecule has 9 heteroatoms. The molecule has 0 aliphatic heterocycles. The van der Waals surface area contributed by atoms with E-state index in [4.69, 9.17) is 14.7 Å². The van der Waals surface area contributed by atoms with Gasteiger partial charge in [-0.05, 0) is 23.8 Å². The van der Waals surface area contributed by atoms with Gasteiger partial charge in [0, 0.05) is 17.8 Å². The van der Waals surface area contributed by atoms with Crippen LogP contribution in [0.1, 0.15) is 16.7 Å². The van der Waals surface area contributed by atoms with E-state index in [2.05, 4.69) is 10.1 Å². The van der Waals surface area contributed by atoms with Gasteiger partial charge in [0.15, 0.2) is 6.61 Å². The molecule has 25 heavy (non-hydrogen) atoms. The molecule has 0 aliphatic rings. The van der Waals surface area contributed by atoms with E-state index in [0.717, 1.165) is 12.1 Å². The highest BCUT2D eigenvalue weighted by Crippen LogP contribution is 2.29. The Kier molecular flexibility index (Phi) is 5.93. The molecule has 0 unspecified atom stereocenters. The van der Waals surface area contributed by atoms with Gasteiger partial charge in [-0.1, -0.05) is 17.3 Å². The van der Waals surface area contributed by atoms with Crippen molar-refractivity contribution in [1.82, 2.24) is 4.98 Å². The highest BCUT2D eigenvalue weighted by atomic mass is 19.4. The number of aromatic nitrogens is 1. The lowest BCUT2D eigenvalue weighted by atomic mass is 10.1. The van der Waals surface area contributed by atoms with Crippen molar-refractivity contribution in [1.29, 1.82) is 0 Å². The number of hydrogen-bond donors (Lipinski definition) is 1. The van der Waals surface area contributed by atoms with Crippen molar-refractivity contribution >= 4 is 12.2 Å². The van der Waals surface area contributed by atoms with Crippen molar-refractivity contribution < 1.29 is 32.6 Å². The molecule has 0 bridgehead atoms. The Bertz CT molecular complexity index is 729. The van der Waals surface area contributed by atoms with E-state index in [1.165, 1.54) is 30.6 Å². The molecular formula is C16H13F3N2O4. The van der Waals surface area contributed by atoms with Crippen LogP contribution in [0.25, 0.3) is 0 Å². The van der Waals surface area contributed by atoms with Gasteiger partial charge in [0.1, 0.15) is 6.61 Å². The average Bonchev–Trinajstić information content (AvgIpc) is 2.57. The van der Waals surface area contributed by atoms with Crippen LogP contribution >= 0.6 is 0 Å². The second-order valence-electron chi connectivity index (χ2n) is 4.81. The number of pyridine rings is 1. The lowest BCUT2D eigenvalue weighted by Crippen LogP contribution is -2.10. The summed E-state index contributed by atoms with van der Waals surface area (Å²) in [6, 6.07) is 7.64. The third kappa shape index (κ3) is 6.13. The number of alkyl halides is 3. The normalized spacial score (nSPS) is 11.5. The molecule has 1 N–H and O–H groups in total. The molecule has 132 valence electrons. The van der Waals surface area contributed by atoms with Crippen molar-refractivity contribution in [3.8, 4) is 5.88 Å². The van der Waals surface area contributed by atoms with Gasteiger partial charge in [0.25, 0.3) is 0 Å². The topological polar surface area (TPSA) is 81.0 Å². The Morgan fingerprint density at radius 1 is 1.20 bits per heavy atom. The maximum Gasteiger partial charge on any atom is 0.416 e. The predicted octanol–water partition coefficient (Wildman–Crippen LogP) is 3.11. The third-order valence-corrected chi connectivity index (χ3v) is 2.89. The number of hydrogen-bond acceptors (Lipinski definition) is 5. The fourth-order valence-corrected chi connectivity index (χ4v) is 1.69. The van der Waals surface area contributed by atoms with E-state index in [1.54, 1.807) is 6.07 Å². The maximum absolute atomic E-state index is 12.4. The van der Waals surface area contributed by atoms with Crippen LogP contribution in [-0.2, 0) is 22.4 Å². The first-order chi connectivity index (χ1) is 11.8. The van der Waals surface area contributed by atoms with Crippen molar-refractivity contribution in [2.45, 2.75) is 12.8 Å². The Hall–Kier alpha value is -3.10. The van der Waals surface area contributed by atoms with E-state index >= 15 is 0 Å². The molecule has 0 saturated carbocycles. The minimum Gasteiger partial charge on any atom is -0.479 e. The number of ether oxygens (including phenoxy) is 1. The summed E-state index contributed by atoms with van der Waals surface area (Å²) in [5.41, 5.74) is 0.395. The van der Waals surface area contributed by atoms with Gasteiger partial charge < -0.3 is 14.7 Å². The molecule has 0 atom stereocenters. The minimum atomic E-state index is -4.37. The highest BCUT2D eigenvalue weighted by molar-refractivity contribution is 5.78. The molecule has 0 amide bonds. The van der Waals surface area contributed by atoms with Gasteiger partial charge in [-0.3, -0.25) is 0 Å².